The Morgan fingerprint density at radius 2 is 1.22 bits per heavy atom. The number of carbonyl (C=O) groups is 2. The van der Waals surface area contributed by atoms with Gasteiger partial charge in [0.05, 0.1) is 28.4 Å². The van der Waals surface area contributed by atoms with Gasteiger partial charge in [-0.05, 0) is 81.2 Å². The summed E-state index contributed by atoms with van der Waals surface area (Å²) in [6, 6.07) is 10.6. The van der Waals surface area contributed by atoms with Crippen molar-refractivity contribution < 1.29 is 33.3 Å². The Morgan fingerprint density at radius 1 is 0.784 bits per heavy atom. The molecule has 0 aromatic heterocycles. The molecule has 0 spiro atoms. The number of ketones is 1. The third kappa shape index (κ3) is 7.29. The van der Waals surface area contributed by atoms with Gasteiger partial charge in [0.1, 0.15) is 5.60 Å². The lowest BCUT2D eigenvalue weighted by Crippen LogP contribution is -2.42. The highest BCUT2D eigenvalue weighted by molar-refractivity contribution is 6.14. The molecule has 1 N–H and O–H groups in total. The van der Waals surface area contributed by atoms with E-state index in [0.717, 1.165) is 11.1 Å². The van der Waals surface area contributed by atoms with Crippen molar-refractivity contribution in [1.29, 1.82) is 0 Å². The summed E-state index contributed by atoms with van der Waals surface area (Å²) in [4.78, 5) is 26.1. The van der Waals surface area contributed by atoms with E-state index in [2.05, 4.69) is 5.32 Å². The van der Waals surface area contributed by atoms with Crippen molar-refractivity contribution in [2.45, 2.75) is 45.3 Å². The van der Waals surface area contributed by atoms with Crippen molar-refractivity contribution in [3.05, 3.63) is 58.7 Å². The molecule has 0 bridgehead atoms. The van der Waals surface area contributed by atoms with Crippen molar-refractivity contribution in [2.24, 2.45) is 0 Å². The summed E-state index contributed by atoms with van der Waals surface area (Å²) in [6.45, 7) is 5.42. The van der Waals surface area contributed by atoms with Gasteiger partial charge in [0.25, 0.3) is 0 Å². The topological polar surface area (TPSA) is 92.3 Å². The zero-order valence-electron chi connectivity index (χ0n) is 22.5. The molecular formula is C29H35NO7. The first-order valence-corrected chi connectivity index (χ1v) is 12.0. The number of hydrogen-bond donors (Lipinski definition) is 1. The highest BCUT2D eigenvalue weighted by atomic mass is 16.6. The maximum Gasteiger partial charge on any atom is 0.407 e. The van der Waals surface area contributed by atoms with Crippen molar-refractivity contribution in [2.75, 3.05) is 28.4 Å². The maximum atomic E-state index is 13.6. The molecule has 2 aromatic rings. The number of amides is 1. The van der Waals surface area contributed by atoms with E-state index in [1.807, 2.05) is 57.2 Å². The van der Waals surface area contributed by atoms with E-state index >= 15 is 0 Å². The molecule has 1 fully saturated rings. The van der Waals surface area contributed by atoms with E-state index in [4.69, 9.17) is 23.7 Å². The molecule has 0 unspecified atom stereocenters. The number of Topliss-reactive ketones (excluding diaryl/α,β-unsaturated/α-hetero) is 1. The van der Waals surface area contributed by atoms with E-state index < -0.39 is 11.7 Å². The van der Waals surface area contributed by atoms with E-state index in [1.54, 1.807) is 40.6 Å². The molecule has 2 aromatic carbocycles. The number of methoxy groups -OCH3 is 4. The van der Waals surface area contributed by atoms with E-state index in [1.165, 1.54) is 0 Å². The van der Waals surface area contributed by atoms with Gasteiger partial charge in [-0.15, -0.1) is 0 Å². The van der Waals surface area contributed by atoms with Crippen LogP contribution in [-0.4, -0.2) is 52.0 Å². The van der Waals surface area contributed by atoms with Crippen molar-refractivity contribution >= 4 is 24.0 Å². The van der Waals surface area contributed by atoms with Crippen LogP contribution in [0.3, 0.4) is 0 Å². The van der Waals surface area contributed by atoms with E-state index in [9.17, 15) is 9.59 Å². The fourth-order valence-electron chi connectivity index (χ4n) is 4.11. The summed E-state index contributed by atoms with van der Waals surface area (Å²) in [7, 11) is 6.26. The Bertz CT molecular complexity index is 1130. The standard InChI is InChI=1S/C29H35NO7/c1-29(2,3)37-28(32)30-22-16-20(12-18-8-10-23(33-4)25(14-18)35-6)27(31)21(17-22)13-19-9-11-24(34-5)26(15-19)36-7/h8-15,22H,16-17H2,1-7H3,(H,30,32)/b20-12+,21-13+. The van der Waals surface area contributed by atoms with Gasteiger partial charge in [-0.1, -0.05) is 12.1 Å². The minimum Gasteiger partial charge on any atom is -0.493 e. The van der Waals surface area contributed by atoms with Crippen LogP contribution in [-0.2, 0) is 9.53 Å². The molecule has 1 aliphatic carbocycles. The minimum atomic E-state index is -0.634. The Morgan fingerprint density at radius 3 is 1.59 bits per heavy atom. The third-order valence-electron chi connectivity index (χ3n) is 5.73. The number of alkyl carbamates (subject to hydrolysis) is 1. The molecule has 3 rings (SSSR count). The lowest BCUT2D eigenvalue weighted by atomic mass is 9.83. The first-order valence-electron chi connectivity index (χ1n) is 12.0. The lowest BCUT2D eigenvalue weighted by Gasteiger charge is -2.28. The molecule has 0 heterocycles. The third-order valence-corrected chi connectivity index (χ3v) is 5.73. The molecule has 1 aliphatic rings. The summed E-state index contributed by atoms with van der Waals surface area (Å²) in [5.41, 5.74) is 2.05. The molecule has 1 amide bonds. The number of rotatable bonds is 7. The number of carbonyl (C=O) groups excluding carboxylic acids is 2. The Hall–Kier alpha value is -3.94. The summed E-state index contributed by atoms with van der Waals surface area (Å²) in [6.07, 6.45) is 3.82. The molecule has 1 saturated carbocycles. The molecule has 0 radical (unpaired) electrons. The van der Waals surface area contributed by atoms with Gasteiger partial charge in [-0.25, -0.2) is 4.79 Å². The van der Waals surface area contributed by atoms with Crippen LogP contribution in [0.2, 0.25) is 0 Å². The quantitative estimate of drug-likeness (QED) is 0.497. The Kier molecular flexibility index (Phi) is 8.86. The summed E-state index contributed by atoms with van der Waals surface area (Å²) >= 11 is 0. The molecule has 8 nitrogen and oxygen atoms in total. The van der Waals surface area contributed by atoms with Gasteiger partial charge in [-0.2, -0.15) is 0 Å². The second-order valence-electron chi connectivity index (χ2n) is 9.65. The van der Waals surface area contributed by atoms with Crippen LogP contribution in [0.25, 0.3) is 12.2 Å². The number of hydrogen-bond acceptors (Lipinski definition) is 7. The number of nitrogens with one attached hydrogen (secondary N) is 1. The second kappa shape index (κ2) is 11.9. The van der Waals surface area contributed by atoms with Gasteiger partial charge in [0.2, 0.25) is 0 Å². The molecule has 8 heteroatoms. The maximum absolute atomic E-state index is 13.6. The predicted octanol–water partition coefficient (Wildman–Crippen LogP) is 5.44. The summed E-state index contributed by atoms with van der Waals surface area (Å²) in [5, 5.41) is 2.92. The monoisotopic (exact) mass is 509 g/mol. The Balaban J connectivity index is 1.99. The molecular weight excluding hydrogens is 474 g/mol. The van der Waals surface area contributed by atoms with Crippen LogP contribution in [0.5, 0.6) is 23.0 Å². The first-order chi connectivity index (χ1) is 17.6. The van der Waals surface area contributed by atoms with Gasteiger partial charge >= 0.3 is 6.09 Å². The van der Waals surface area contributed by atoms with Crippen LogP contribution >= 0.6 is 0 Å². The van der Waals surface area contributed by atoms with Crippen LogP contribution in [0, 0.1) is 0 Å². The van der Waals surface area contributed by atoms with Crippen LogP contribution < -0.4 is 24.3 Å². The van der Waals surface area contributed by atoms with Crippen molar-refractivity contribution in [1.82, 2.24) is 5.32 Å². The SMILES string of the molecule is COc1ccc(/C=C2\CC(NC(=O)OC(C)(C)C)C/C(=C\c3ccc(OC)c(OC)c3)C2=O)cc1OC. The Labute approximate surface area is 218 Å². The zero-order chi connectivity index (χ0) is 27.2. The predicted molar refractivity (Wildman–Crippen MR) is 142 cm³/mol. The number of benzene rings is 2. The van der Waals surface area contributed by atoms with Crippen LogP contribution in [0.15, 0.2) is 47.5 Å². The second-order valence-corrected chi connectivity index (χ2v) is 9.65. The number of ether oxygens (including phenoxy) is 5. The largest absolute Gasteiger partial charge is 0.493 e. The van der Waals surface area contributed by atoms with Crippen LogP contribution in [0.4, 0.5) is 4.79 Å². The average molecular weight is 510 g/mol. The van der Waals surface area contributed by atoms with Crippen molar-refractivity contribution in [3.63, 3.8) is 0 Å². The first kappa shape index (κ1) is 27.6. The molecule has 0 atom stereocenters. The zero-order valence-corrected chi connectivity index (χ0v) is 22.5. The van der Waals surface area contributed by atoms with Gasteiger partial charge in [0, 0.05) is 17.2 Å². The fraction of sp³-hybridized carbons (Fsp3) is 0.379. The van der Waals surface area contributed by atoms with E-state index in [0.29, 0.717) is 47.0 Å². The fourth-order valence-corrected chi connectivity index (χ4v) is 4.11. The van der Waals surface area contributed by atoms with E-state index in [-0.39, 0.29) is 11.8 Å². The molecule has 0 saturated heterocycles. The summed E-state index contributed by atoms with van der Waals surface area (Å²) < 4.78 is 26.9. The highest BCUT2D eigenvalue weighted by Gasteiger charge is 2.30. The summed E-state index contributed by atoms with van der Waals surface area (Å²) in [5.74, 6) is 2.22. The molecule has 0 aliphatic heterocycles. The molecule has 37 heavy (non-hydrogen) atoms. The average Bonchev–Trinajstić information content (AvgIpc) is 2.85. The lowest BCUT2D eigenvalue weighted by molar-refractivity contribution is -0.113. The normalized spacial score (nSPS) is 17.9. The minimum absolute atomic E-state index is 0.0909. The van der Waals surface area contributed by atoms with Gasteiger partial charge < -0.3 is 29.0 Å². The van der Waals surface area contributed by atoms with Gasteiger partial charge in [-0.3, -0.25) is 4.79 Å². The van der Waals surface area contributed by atoms with Gasteiger partial charge in [0.15, 0.2) is 28.8 Å². The van der Waals surface area contributed by atoms with Crippen molar-refractivity contribution in [3.8, 4) is 23.0 Å². The smallest absolute Gasteiger partial charge is 0.407 e. The molecule has 198 valence electrons. The highest BCUT2D eigenvalue weighted by Crippen LogP contribution is 2.33. The van der Waals surface area contributed by atoms with Crippen LogP contribution in [0.1, 0.15) is 44.7 Å².